The molecule has 6 heteroatoms. The molecule has 2 aromatic rings. The summed E-state index contributed by atoms with van der Waals surface area (Å²) >= 11 is 6.07. The summed E-state index contributed by atoms with van der Waals surface area (Å²) in [5.74, 6) is 0.270. The molecule has 3 rings (SSSR count). The molecule has 1 saturated heterocycles. The Morgan fingerprint density at radius 1 is 1.21 bits per heavy atom. The molecule has 0 spiro atoms. The molecule has 1 aliphatic rings. The normalized spacial score (nSPS) is 16.5. The van der Waals surface area contributed by atoms with Crippen LogP contribution >= 0.6 is 11.6 Å². The minimum absolute atomic E-state index is 0.136. The van der Waals surface area contributed by atoms with E-state index in [1.54, 1.807) is 19.1 Å². The summed E-state index contributed by atoms with van der Waals surface area (Å²) in [6.45, 7) is 4.60. The Balaban J connectivity index is 1.46. The SMILES string of the molecule is C[C@H](Oc1ccccc1Cl)C(=O)Nc1ccc(CCN2CCC(O)CC2)cc1. The fourth-order valence-corrected chi connectivity index (χ4v) is 3.39. The van der Waals surface area contributed by atoms with Gasteiger partial charge in [-0.15, -0.1) is 0 Å². The van der Waals surface area contributed by atoms with Crippen molar-refractivity contribution in [2.24, 2.45) is 0 Å². The number of carbonyl (C=O) groups is 1. The molecular weight excluding hydrogens is 376 g/mol. The summed E-state index contributed by atoms with van der Waals surface area (Å²) in [6, 6.07) is 15.0. The monoisotopic (exact) mass is 402 g/mol. The van der Waals surface area contributed by atoms with Crippen LogP contribution in [0.5, 0.6) is 5.75 Å². The molecule has 2 N–H and O–H groups in total. The number of hydrogen-bond acceptors (Lipinski definition) is 4. The molecular formula is C22H27ClN2O3. The van der Waals surface area contributed by atoms with E-state index in [0.717, 1.165) is 44.6 Å². The molecule has 0 saturated carbocycles. The van der Waals surface area contributed by atoms with Crippen LogP contribution < -0.4 is 10.1 Å². The van der Waals surface area contributed by atoms with Gasteiger partial charge in [0.1, 0.15) is 5.75 Å². The molecule has 1 heterocycles. The molecule has 2 aromatic carbocycles. The summed E-state index contributed by atoms with van der Waals surface area (Å²) in [7, 11) is 0. The lowest BCUT2D eigenvalue weighted by molar-refractivity contribution is -0.122. The number of rotatable bonds is 7. The van der Waals surface area contributed by atoms with Gasteiger partial charge < -0.3 is 20.1 Å². The molecule has 0 aliphatic carbocycles. The van der Waals surface area contributed by atoms with Crippen molar-refractivity contribution in [2.75, 3.05) is 25.0 Å². The smallest absolute Gasteiger partial charge is 0.265 e. The van der Waals surface area contributed by atoms with Gasteiger partial charge in [-0.25, -0.2) is 0 Å². The highest BCUT2D eigenvalue weighted by atomic mass is 35.5. The Morgan fingerprint density at radius 2 is 1.89 bits per heavy atom. The number of aliphatic hydroxyl groups is 1. The van der Waals surface area contributed by atoms with Gasteiger partial charge in [0.25, 0.3) is 5.91 Å². The quantitative estimate of drug-likeness (QED) is 0.740. The number of benzene rings is 2. The van der Waals surface area contributed by atoms with Crippen LogP contribution in [0, 0.1) is 0 Å². The van der Waals surface area contributed by atoms with E-state index < -0.39 is 6.10 Å². The lowest BCUT2D eigenvalue weighted by Gasteiger charge is -2.29. The fraction of sp³-hybridized carbons (Fsp3) is 0.409. The van der Waals surface area contributed by atoms with E-state index >= 15 is 0 Å². The van der Waals surface area contributed by atoms with Gasteiger partial charge in [0.05, 0.1) is 11.1 Å². The summed E-state index contributed by atoms with van der Waals surface area (Å²) in [4.78, 5) is 14.8. The van der Waals surface area contributed by atoms with Crippen molar-refractivity contribution in [3.63, 3.8) is 0 Å². The van der Waals surface area contributed by atoms with Crippen LogP contribution in [0.3, 0.4) is 0 Å². The first-order valence-corrected chi connectivity index (χ1v) is 10.1. The predicted molar refractivity (Wildman–Crippen MR) is 112 cm³/mol. The third-order valence-electron chi connectivity index (χ3n) is 5.00. The average Bonchev–Trinajstić information content (AvgIpc) is 2.70. The number of likely N-dealkylation sites (tertiary alicyclic amines) is 1. The Bertz CT molecular complexity index is 774. The molecule has 1 amide bonds. The number of nitrogens with zero attached hydrogens (tertiary/aromatic N) is 1. The van der Waals surface area contributed by atoms with Crippen molar-refractivity contribution in [1.82, 2.24) is 4.90 Å². The molecule has 0 unspecified atom stereocenters. The zero-order valence-electron chi connectivity index (χ0n) is 16.1. The Labute approximate surface area is 171 Å². The number of para-hydroxylation sites is 1. The minimum Gasteiger partial charge on any atom is -0.479 e. The van der Waals surface area contributed by atoms with E-state index in [1.165, 1.54) is 5.56 Å². The highest BCUT2D eigenvalue weighted by Gasteiger charge is 2.17. The Morgan fingerprint density at radius 3 is 2.57 bits per heavy atom. The van der Waals surface area contributed by atoms with Gasteiger partial charge in [-0.2, -0.15) is 0 Å². The number of hydrogen-bond donors (Lipinski definition) is 2. The van der Waals surface area contributed by atoms with Crippen LogP contribution in [-0.4, -0.2) is 47.8 Å². The van der Waals surface area contributed by atoms with Crippen LogP contribution in [0.1, 0.15) is 25.3 Å². The number of ether oxygens (including phenoxy) is 1. The summed E-state index contributed by atoms with van der Waals surface area (Å²) in [5.41, 5.74) is 1.97. The van der Waals surface area contributed by atoms with Crippen molar-refractivity contribution in [1.29, 1.82) is 0 Å². The number of carbonyl (C=O) groups excluding carboxylic acids is 1. The molecule has 5 nitrogen and oxygen atoms in total. The second kappa shape index (κ2) is 9.92. The number of halogens is 1. The summed E-state index contributed by atoms with van der Waals surface area (Å²) < 4.78 is 5.65. The molecule has 1 aliphatic heterocycles. The van der Waals surface area contributed by atoms with E-state index in [2.05, 4.69) is 10.2 Å². The number of amides is 1. The first-order chi connectivity index (χ1) is 13.5. The number of anilines is 1. The molecule has 1 fully saturated rings. The van der Waals surface area contributed by atoms with Gasteiger partial charge in [0.2, 0.25) is 0 Å². The van der Waals surface area contributed by atoms with E-state index in [0.29, 0.717) is 10.8 Å². The van der Waals surface area contributed by atoms with Crippen LogP contribution in [0.2, 0.25) is 5.02 Å². The van der Waals surface area contributed by atoms with Gasteiger partial charge in [0.15, 0.2) is 6.10 Å². The van der Waals surface area contributed by atoms with Crippen LogP contribution in [-0.2, 0) is 11.2 Å². The van der Waals surface area contributed by atoms with Gasteiger partial charge >= 0.3 is 0 Å². The Kier molecular flexibility index (Phi) is 7.31. The molecule has 0 radical (unpaired) electrons. The first-order valence-electron chi connectivity index (χ1n) is 9.72. The van der Waals surface area contributed by atoms with Gasteiger partial charge in [0, 0.05) is 25.3 Å². The van der Waals surface area contributed by atoms with Crippen LogP contribution in [0.4, 0.5) is 5.69 Å². The molecule has 28 heavy (non-hydrogen) atoms. The van der Waals surface area contributed by atoms with Gasteiger partial charge in [-0.3, -0.25) is 4.79 Å². The lowest BCUT2D eigenvalue weighted by atomic mass is 10.1. The second-order valence-corrected chi connectivity index (χ2v) is 7.61. The Hall–Kier alpha value is -2.08. The molecule has 1 atom stereocenters. The van der Waals surface area contributed by atoms with Crippen molar-refractivity contribution < 1.29 is 14.6 Å². The van der Waals surface area contributed by atoms with Crippen LogP contribution in [0.15, 0.2) is 48.5 Å². The standard InChI is InChI=1S/C22H27ClN2O3/c1-16(28-21-5-3-2-4-20(21)23)22(27)24-18-8-6-17(7-9-18)10-13-25-14-11-19(26)12-15-25/h2-9,16,19,26H,10-15H2,1H3,(H,24,27)/t16-/m0/s1. The molecule has 0 bridgehead atoms. The van der Waals surface area contributed by atoms with Crippen molar-refractivity contribution >= 4 is 23.2 Å². The third kappa shape index (κ3) is 5.96. The number of piperidine rings is 1. The maximum absolute atomic E-state index is 12.4. The van der Waals surface area contributed by atoms with Gasteiger partial charge in [-0.05, 0) is 56.0 Å². The predicted octanol–water partition coefficient (Wildman–Crippen LogP) is 3.75. The topological polar surface area (TPSA) is 61.8 Å². The summed E-state index contributed by atoms with van der Waals surface area (Å²) in [6.07, 6.45) is 1.88. The highest BCUT2D eigenvalue weighted by molar-refractivity contribution is 6.32. The van der Waals surface area contributed by atoms with Crippen molar-refractivity contribution in [3.8, 4) is 5.75 Å². The fourth-order valence-electron chi connectivity index (χ4n) is 3.21. The molecule has 150 valence electrons. The summed E-state index contributed by atoms with van der Waals surface area (Å²) in [5, 5.41) is 12.9. The maximum Gasteiger partial charge on any atom is 0.265 e. The highest BCUT2D eigenvalue weighted by Crippen LogP contribution is 2.24. The maximum atomic E-state index is 12.4. The number of aliphatic hydroxyl groups excluding tert-OH is 1. The lowest BCUT2D eigenvalue weighted by Crippen LogP contribution is -2.37. The second-order valence-electron chi connectivity index (χ2n) is 7.20. The molecule has 0 aromatic heterocycles. The number of nitrogens with one attached hydrogen (secondary N) is 1. The minimum atomic E-state index is -0.658. The van der Waals surface area contributed by atoms with Crippen molar-refractivity contribution in [3.05, 3.63) is 59.1 Å². The first kappa shape index (κ1) is 20.6. The zero-order valence-corrected chi connectivity index (χ0v) is 16.9. The zero-order chi connectivity index (χ0) is 19.9. The van der Waals surface area contributed by atoms with Crippen molar-refractivity contribution in [2.45, 2.75) is 38.4 Å². The van der Waals surface area contributed by atoms with E-state index in [1.807, 2.05) is 36.4 Å². The average molecular weight is 403 g/mol. The van der Waals surface area contributed by atoms with E-state index in [4.69, 9.17) is 16.3 Å². The van der Waals surface area contributed by atoms with Gasteiger partial charge in [-0.1, -0.05) is 35.9 Å². The van der Waals surface area contributed by atoms with E-state index in [9.17, 15) is 9.90 Å². The van der Waals surface area contributed by atoms with Crippen LogP contribution in [0.25, 0.3) is 0 Å². The van der Waals surface area contributed by atoms with E-state index in [-0.39, 0.29) is 12.0 Å². The third-order valence-corrected chi connectivity index (χ3v) is 5.32. The largest absolute Gasteiger partial charge is 0.479 e.